The van der Waals surface area contributed by atoms with Gasteiger partial charge in [0.1, 0.15) is 0 Å². The Morgan fingerprint density at radius 3 is 2.45 bits per heavy atom. The Kier molecular flexibility index (Phi) is 4.59. The smallest absolute Gasteiger partial charge is 0.160 e. The molecule has 0 spiro atoms. The summed E-state index contributed by atoms with van der Waals surface area (Å²) in [5.41, 5.74) is 1.64. The second kappa shape index (κ2) is 6.04. The zero-order valence-corrected chi connectivity index (χ0v) is 13.3. The van der Waals surface area contributed by atoms with Gasteiger partial charge in [-0.3, -0.25) is 0 Å². The summed E-state index contributed by atoms with van der Waals surface area (Å²) in [4.78, 5) is 0. The van der Waals surface area contributed by atoms with E-state index in [4.69, 9.17) is 9.47 Å². The molecule has 0 bridgehead atoms. The fraction of sp³-hybridized carbons (Fsp3) is 0.647. The van der Waals surface area contributed by atoms with Gasteiger partial charge in [0.15, 0.2) is 11.5 Å². The van der Waals surface area contributed by atoms with Crippen LogP contribution in [0.4, 0.5) is 0 Å². The van der Waals surface area contributed by atoms with E-state index < -0.39 is 0 Å². The molecular weight excluding hydrogens is 250 g/mol. The van der Waals surface area contributed by atoms with Gasteiger partial charge >= 0.3 is 0 Å². The molecule has 2 unspecified atom stereocenters. The van der Waals surface area contributed by atoms with Crippen LogP contribution in [0.15, 0.2) is 18.2 Å². The van der Waals surface area contributed by atoms with Crippen molar-refractivity contribution in [1.82, 2.24) is 5.32 Å². The fourth-order valence-corrected chi connectivity index (χ4v) is 3.23. The summed E-state index contributed by atoms with van der Waals surface area (Å²) in [5.74, 6) is 2.21. The van der Waals surface area contributed by atoms with Gasteiger partial charge in [-0.2, -0.15) is 0 Å². The van der Waals surface area contributed by atoms with Crippen molar-refractivity contribution < 1.29 is 9.47 Å². The number of ether oxygens (including phenoxy) is 2. The second-order valence-electron chi connectivity index (χ2n) is 6.23. The monoisotopic (exact) mass is 277 g/mol. The van der Waals surface area contributed by atoms with Crippen LogP contribution in [0.3, 0.4) is 0 Å². The summed E-state index contributed by atoms with van der Waals surface area (Å²) in [6.45, 7) is 8.02. The van der Waals surface area contributed by atoms with Crippen LogP contribution in [-0.4, -0.2) is 26.8 Å². The van der Waals surface area contributed by atoms with Crippen molar-refractivity contribution in [3.8, 4) is 11.5 Å². The third-order valence-corrected chi connectivity index (χ3v) is 4.72. The molecule has 1 aliphatic carbocycles. The zero-order valence-electron chi connectivity index (χ0n) is 13.3. The summed E-state index contributed by atoms with van der Waals surface area (Å²) < 4.78 is 10.7. The van der Waals surface area contributed by atoms with Crippen molar-refractivity contribution >= 4 is 0 Å². The molecule has 112 valence electrons. The topological polar surface area (TPSA) is 30.5 Å². The first-order valence-corrected chi connectivity index (χ1v) is 7.49. The lowest BCUT2D eigenvalue weighted by atomic mass is 9.56. The lowest BCUT2D eigenvalue weighted by Crippen LogP contribution is -2.55. The van der Waals surface area contributed by atoms with Gasteiger partial charge in [0.2, 0.25) is 0 Å². The van der Waals surface area contributed by atoms with Crippen LogP contribution in [0.2, 0.25) is 0 Å². The number of benzene rings is 1. The van der Waals surface area contributed by atoms with Gasteiger partial charge in [-0.1, -0.05) is 26.8 Å². The molecule has 0 saturated heterocycles. The van der Waals surface area contributed by atoms with Crippen LogP contribution >= 0.6 is 0 Å². The van der Waals surface area contributed by atoms with Crippen LogP contribution in [0, 0.1) is 5.41 Å². The molecule has 20 heavy (non-hydrogen) atoms. The van der Waals surface area contributed by atoms with Gasteiger partial charge in [0, 0.05) is 6.04 Å². The first-order valence-electron chi connectivity index (χ1n) is 7.49. The minimum absolute atomic E-state index is 0.286. The van der Waals surface area contributed by atoms with Gasteiger partial charge in [0.05, 0.1) is 14.2 Å². The molecule has 3 heteroatoms. The van der Waals surface area contributed by atoms with Crippen LogP contribution < -0.4 is 14.8 Å². The number of nitrogens with one attached hydrogen (secondary N) is 1. The van der Waals surface area contributed by atoms with Crippen LogP contribution in [0.1, 0.15) is 45.1 Å². The van der Waals surface area contributed by atoms with E-state index in [-0.39, 0.29) is 5.41 Å². The molecule has 1 N–H and O–H groups in total. The van der Waals surface area contributed by atoms with Gasteiger partial charge in [0.25, 0.3) is 0 Å². The molecule has 2 rings (SSSR count). The summed E-state index contributed by atoms with van der Waals surface area (Å²) in [6.07, 6.45) is 2.39. The maximum Gasteiger partial charge on any atom is 0.160 e. The Morgan fingerprint density at radius 2 is 1.90 bits per heavy atom. The summed E-state index contributed by atoms with van der Waals surface area (Å²) >= 11 is 0. The SMILES string of the molecule is CCCNC1CC(c2ccc(OC)c(OC)c2)C1(C)C. The Morgan fingerprint density at radius 1 is 1.20 bits per heavy atom. The van der Waals surface area contributed by atoms with Gasteiger partial charge in [-0.05, 0) is 48.4 Å². The zero-order chi connectivity index (χ0) is 14.8. The third kappa shape index (κ3) is 2.64. The van der Waals surface area contributed by atoms with E-state index in [0.717, 1.165) is 18.0 Å². The molecule has 0 aliphatic heterocycles. The van der Waals surface area contributed by atoms with Gasteiger partial charge in [-0.25, -0.2) is 0 Å². The standard InChI is InChI=1S/C17H27NO2/c1-6-9-18-16-11-13(17(16,2)3)12-7-8-14(19-4)15(10-12)20-5/h7-8,10,13,16,18H,6,9,11H2,1-5H3. The minimum Gasteiger partial charge on any atom is -0.493 e. The molecule has 1 aliphatic rings. The predicted molar refractivity (Wildman–Crippen MR) is 82.8 cm³/mol. The Balaban J connectivity index is 2.13. The van der Waals surface area contributed by atoms with Crippen molar-refractivity contribution in [2.24, 2.45) is 5.41 Å². The van der Waals surface area contributed by atoms with Crippen molar-refractivity contribution in [2.45, 2.75) is 45.6 Å². The lowest BCUT2D eigenvalue weighted by molar-refractivity contribution is 0.0693. The van der Waals surface area contributed by atoms with E-state index in [1.54, 1.807) is 14.2 Å². The minimum atomic E-state index is 0.286. The van der Waals surface area contributed by atoms with Crippen molar-refractivity contribution in [3.05, 3.63) is 23.8 Å². The van der Waals surface area contributed by atoms with E-state index in [1.165, 1.54) is 18.4 Å². The molecule has 2 atom stereocenters. The highest BCUT2D eigenvalue weighted by Crippen LogP contribution is 2.53. The normalized spacial score (nSPS) is 24.1. The average molecular weight is 277 g/mol. The molecule has 0 radical (unpaired) electrons. The van der Waals surface area contributed by atoms with E-state index in [2.05, 4.69) is 38.2 Å². The number of methoxy groups -OCH3 is 2. The van der Waals surface area contributed by atoms with E-state index in [0.29, 0.717) is 12.0 Å². The van der Waals surface area contributed by atoms with E-state index in [9.17, 15) is 0 Å². The summed E-state index contributed by atoms with van der Waals surface area (Å²) in [6, 6.07) is 6.92. The predicted octanol–water partition coefficient (Wildman–Crippen LogP) is 3.59. The van der Waals surface area contributed by atoms with E-state index >= 15 is 0 Å². The molecule has 0 aromatic heterocycles. The number of hydrogen-bond donors (Lipinski definition) is 1. The highest BCUT2D eigenvalue weighted by molar-refractivity contribution is 5.45. The van der Waals surface area contributed by atoms with Gasteiger partial charge in [-0.15, -0.1) is 0 Å². The summed E-state index contributed by atoms with van der Waals surface area (Å²) in [7, 11) is 3.37. The maximum atomic E-state index is 5.41. The highest BCUT2D eigenvalue weighted by Gasteiger charge is 2.48. The van der Waals surface area contributed by atoms with Crippen molar-refractivity contribution in [1.29, 1.82) is 0 Å². The fourth-order valence-electron chi connectivity index (χ4n) is 3.23. The lowest BCUT2D eigenvalue weighted by Gasteiger charge is -2.53. The largest absolute Gasteiger partial charge is 0.493 e. The first-order chi connectivity index (χ1) is 9.54. The summed E-state index contributed by atoms with van der Waals surface area (Å²) in [5, 5.41) is 3.65. The number of hydrogen-bond acceptors (Lipinski definition) is 3. The molecular formula is C17H27NO2. The van der Waals surface area contributed by atoms with Crippen LogP contribution in [0.25, 0.3) is 0 Å². The van der Waals surface area contributed by atoms with E-state index in [1.807, 2.05) is 6.07 Å². The molecule has 0 heterocycles. The van der Waals surface area contributed by atoms with Gasteiger partial charge < -0.3 is 14.8 Å². The Hall–Kier alpha value is -1.22. The first kappa shape index (κ1) is 15.2. The number of rotatable bonds is 6. The molecule has 0 amide bonds. The Bertz CT molecular complexity index is 456. The van der Waals surface area contributed by atoms with Crippen LogP contribution in [0.5, 0.6) is 11.5 Å². The molecule has 1 aromatic rings. The maximum absolute atomic E-state index is 5.41. The Labute approximate surface area is 122 Å². The second-order valence-corrected chi connectivity index (χ2v) is 6.23. The van der Waals surface area contributed by atoms with Crippen LogP contribution in [-0.2, 0) is 0 Å². The highest BCUT2D eigenvalue weighted by atomic mass is 16.5. The van der Waals surface area contributed by atoms with Crippen molar-refractivity contribution in [3.63, 3.8) is 0 Å². The molecule has 3 nitrogen and oxygen atoms in total. The third-order valence-electron chi connectivity index (χ3n) is 4.72. The quantitative estimate of drug-likeness (QED) is 0.862. The molecule has 1 aromatic carbocycles. The molecule has 1 fully saturated rings. The van der Waals surface area contributed by atoms with Crippen molar-refractivity contribution in [2.75, 3.05) is 20.8 Å². The molecule has 1 saturated carbocycles. The average Bonchev–Trinajstić information content (AvgIpc) is 2.45.